The van der Waals surface area contributed by atoms with E-state index in [1.165, 1.54) is 18.7 Å². The zero-order chi connectivity index (χ0) is 14.5. The van der Waals surface area contributed by atoms with Gasteiger partial charge in [-0.2, -0.15) is 0 Å². The summed E-state index contributed by atoms with van der Waals surface area (Å²) >= 11 is 0. The molecule has 4 heteroatoms. The van der Waals surface area contributed by atoms with E-state index < -0.39 is 12.0 Å². The number of aryl methyl sites for hydroxylation is 1. The van der Waals surface area contributed by atoms with Crippen LogP contribution in [0.25, 0.3) is 0 Å². The van der Waals surface area contributed by atoms with Crippen LogP contribution < -0.4 is 5.32 Å². The molecule has 0 bridgehead atoms. The third kappa shape index (κ3) is 2.90. The summed E-state index contributed by atoms with van der Waals surface area (Å²) < 4.78 is 4.84. The summed E-state index contributed by atoms with van der Waals surface area (Å²) in [5.74, 6) is -0.690. The maximum absolute atomic E-state index is 12.0. The summed E-state index contributed by atoms with van der Waals surface area (Å²) in [7, 11) is 1.35. The van der Waals surface area contributed by atoms with Gasteiger partial charge in [-0.15, -0.1) is 0 Å². The minimum absolute atomic E-state index is 0.0205. The Balaban J connectivity index is 2.24. The van der Waals surface area contributed by atoms with Crippen molar-refractivity contribution in [3.63, 3.8) is 0 Å². The van der Waals surface area contributed by atoms with E-state index in [9.17, 15) is 9.59 Å². The molecule has 0 heterocycles. The fourth-order valence-electron chi connectivity index (χ4n) is 2.74. The first-order chi connectivity index (χ1) is 9.67. The number of nitrogens with one attached hydrogen (secondary N) is 1. The lowest BCUT2D eigenvalue weighted by Crippen LogP contribution is -2.44. The maximum atomic E-state index is 12.0. The van der Waals surface area contributed by atoms with Gasteiger partial charge in [0.15, 0.2) is 0 Å². The van der Waals surface area contributed by atoms with Crippen LogP contribution in [0, 0.1) is 0 Å². The molecule has 1 aliphatic carbocycles. The molecule has 2 rings (SSSR count). The van der Waals surface area contributed by atoms with Crippen LogP contribution in [0.2, 0.25) is 0 Å². The van der Waals surface area contributed by atoms with Crippen LogP contribution in [0.15, 0.2) is 36.4 Å². The van der Waals surface area contributed by atoms with E-state index in [0.29, 0.717) is 0 Å². The van der Waals surface area contributed by atoms with Crippen LogP contribution in [0.3, 0.4) is 0 Å². The summed E-state index contributed by atoms with van der Waals surface area (Å²) in [4.78, 5) is 23.7. The fourth-order valence-corrected chi connectivity index (χ4v) is 2.74. The minimum Gasteiger partial charge on any atom is -0.467 e. The number of methoxy groups -OCH3 is 1. The van der Waals surface area contributed by atoms with Gasteiger partial charge in [0.05, 0.1) is 7.11 Å². The van der Waals surface area contributed by atoms with E-state index >= 15 is 0 Å². The Hall–Kier alpha value is -2.10. The Bertz CT molecular complexity index is 536. The molecule has 4 nitrogen and oxygen atoms in total. The van der Waals surface area contributed by atoms with Crippen molar-refractivity contribution in [2.24, 2.45) is 0 Å². The number of hydrogen-bond donors (Lipinski definition) is 1. The Morgan fingerprint density at radius 2 is 2.15 bits per heavy atom. The second kappa shape index (κ2) is 6.37. The Kier molecular flexibility index (Phi) is 4.56. The van der Waals surface area contributed by atoms with E-state index in [0.717, 1.165) is 18.4 Å². The molecular formula is C16H19NO3. The maximum Gasteiger partial charge on any atom is 0.329 e. The van der Waals surface area contributed by atoms with E-state index in [2.05, 4.69) is 11.4 Å². The molecule has 1 aromatic rings. The van der Waals surface area contributed by atoms with Crippen molar-refractivity contribution in [3.8, 4) is 0 Å². The Labute approximate surface area is 118 Å². The first-order valence-corrected chi connectivity index (χ1v) is 6.76. The highest BCUT2D eigenvalue weighted by molar-refractivity contribution is 5.91. The van der Waals surface area contributed by atoms with Crippen molar-refractivity contribution >= 4 is 11.9 Å². The number of carbonyl (C=O) groups is 2. The molecule has 1 aliphatic rings. The number of allylic oxidation sites excluding steroid dienone is 1. The molecule has 1 aromatic carbocycles. The number of esters is 1. The number of rotatable bonds is 4. The minimum atomic E-state index is -0.632. The van der Waals surface area contributed by atoms with Crippen LogP contribution in [0.5, 0.6) is 0 Å². The van der Waals surface area contributed by atoms with Gasteiger partial charge in [-0.25, -0.2) is 4.79 Å². The summed E-state index contributed by atoms with van der Waals surface area (Å²) in [5.41, 5.74) is 2.37. The van der Waals surface area contributed by atoms with Crippen molar-refractivity contribution in [3.05, 3.63) is 47.5 Å². The molecule has 0 aliphatic heterocycles. The van der Waals surface area contributed by atoms with Crippen LogP contribution in [0.4, 0.5) is 0 Å². The SMILES string of the molecule is C/C=C/C(=O)NC(C(=O)OC)C1CCc2ccccc21. The average molecular weight is 273 g/mol. The van der Waals surface area contributed by atoms with Crippen LogP contribution >= 0.6 is 0 Å². The van der Waals surface area contributed by atoms with E-state index in [1.54, 1.807) is 13.0 Å². The van der Waals surface area contributed by atoms with Gasteiger partial charge in [-0.1, -0.05) is 30.3 Å². The molecule has 0 radical (unpaired) electrons. The van der Waals surface area contributed by atoms with Crippen LogP contribution in [-0.2, 0) is 20.7 Å². The number of fused-ring (bicyclic) bond motifs is 1. The van der Waals surface area contributed by atoms with E-state index in [-0.39, 0.29) is 11.8 Å². The van der Waals surface area contributed by atoms with Gasteiger partial charge in [0.2, 0.25) is 5.91 Å². The number of carbonyl (C=O) groups excluding carboxylic acids is 2. The lowest BCUT2D eigenvalue weighted by molar-refractivity contribution is -0.145. The zero-order valence-corrected chi connectivity index (χ0v) is 11.8. The van der Waals surface area contributed by atoms with Gasteiger partial charge < -0.3 is 10.1 Å². The molecule has 2 unspecified atom stereocenters. The summed E-state index contributed by atoms with van der Waals surface area (Å²) in [6, 6.07) is 7.40. The lowest BCUT2D eigenvalue weighted by Gasteiger charge is -2.22. The van der Waals surface area contributed by atoms with Gasteiger partial charge >= 0.3 is 5.97 Å². The number of benzene rings is 1. The molecule has 1 N–H and O–H groups in total. The smallest absolute Gasteiger partial charge is 0.329 e. The highest BCUT2D eigenvalue weighted by Crippen LogP contribution is 2.35. The normalized spacial score (nSPS) is 18.6. The molecule has 0 spiro atoms. The van der Waals surface area contributed by atoms with Crippen LogP contribution in [0.1, 0.15) is 30.4 Å². The Morgan fingerprint density at radius 3 is 2.85 bits per heavy atom. The molecule has 0 saturated carbocycles. The largest absolute Gasteiger partial charge is 0.467 e. The molecule has 0 saturated heterocycles. The molecule has 2 atom stereocenters. The van der Waals surface area contributed by atoms with Gasteiger partial charge in [0, 0.05) is 5.92 Å². The monoisotopic (exact) mass is 273 g/mol. The zero-order valence-electron chi connectivity index (χ0n) is 11.8. The van der Waals surface area contributed by atoms with Gasteiger partial charge in [-0.05, 0) is 37.0 Å². The quantitative estimate of drug-likeness (QED) is 0.674. The second-order valence-electron chi connectivity index (χ2n) is 4.85. The summed E-state index contributed by atoms with van der Waals surface area (Å²) in [6.45, 7) is 1.76. The third-order valence-corrected chi connectivity index (χ3v) is 3.65. The highest BCUT2D eigenvalue weighted by Gasteiger charge is 2.35. The van der Waals surface area contributed by atoms with Crippen LogP contribution in [-0.4, -0.2) is 25.0 Å². The fraction of sp³-hybridized carbons (Fsp3) is 0.375. The first-order valence-electron chi connectivity index (χ1n) is 6.76. The molecule has 20 heavy (non-hydrogen) atoms. The standard InChI is InChI=1S/C16H19NO3/c1-3-6-14(18)17-15(16(19)20-2)13-10-9-11-7-4-5-8-12(11)13/h3-8,13,15H,9-10H2,1-2H3,(H,17,18)/b6-3+. The first kappa shape index (κ1) is 14.3. The van der Waals surface area contributed by atoms with Crippen molar-refractivity contribution < 1.29 is 14.3 Å². The molecular weight excluding hydrogens is 254 g/mol. The number of amides is 1. The van der Waals surface area contributed by atoms with Gasteiger partial charge in [0.25, 0.3) is 0 Å². The van der Waals surface area contributed by atoms with Crippen molar-refractivity contribution in [2.45, 2.75) is 31.7 Å². The highest BCUT2D eigenvalue weighted by atomic mass is 16.5. The second-order valence-corrected chi connectivity index (χ2v) is 4.85. The van der Waals surface area contributed by atoms with E-state index in [1.807, 2.05) is 18.2 Å². The molecule has 0 fully saturated rings. The van der Waals surface area contributed by atoms with Gasteiger partial charge in [0.1, 0.15) is 6.04 Å². The predicted molar refractivity (Wildman–Crippen MR) is 76.3 cm³/mol. The summed E-state index contributed by atoms with van der Waals surface area (Å²) in [6.07, 6.45) is 4.83. The van der Waals surface area contributed by atoms with Crippen molar-refractivity contribution in [1.82, 2.24) is 5.32 Å². The van der Waals surface area contributed by atoms with Crippen molar-refractivity contribution in [2.75, 3.05) is 7.11 Å². The molecule has 1 amide bonds. The third-order valence-electron chi connectivity index (χ3n) is 3.65. The lowest BCUT2D eigenvalue weighted by atomic mass is 9.93. The Morgan fingerprint density at radius 1 is 1.40 bits per heavy atom. The number of hydrogen-bond acceptors (Lipinski definition) is 3. The molecule has 106 valence electrons. The van der Waals surface area contributed by atoms with Crippen molar-refractivity contribution in [1.29, 1.82) is 0 Å². The predicted octanol–water partition coefficient (Wildman–Crippen LogP) is 1.95. The number of ether oxygens (including phenoxy) is 1. The van der Waals surface area contributed by atoms with E-state index in [4.69, 9.17) is 4.74 Å². The summed E-state index contributed by atoms with van der Waals surface area (Å²) in [5, 5.41) is 2.75. The average Bonchev–Trinajstić information content (AvgIpc) is 2.88. The van der Waals surface area contributed by atoms with Gasteiger partial charge in [-0.3, -0.25) is 4.79 Å². The molecule has 0 aromatic heterocycles. The topological polar surface area (TPSA) is 55.4 Å².